The van der Waals surface area contributed by atoms with E-state index in [1.807, 2.05) is 0 Å². The minimum atomic E-state index is 0.561. The van der Waals surface area contributed by atoms with Crippen molar-refractivity contribution in [3.63, 3.8) is 0 Å². The summed E-state index contributed by atoms with van der Waals surface area (Å²) in [5, 5.41) is 3.63. The second-order valence-electron chi connectivity index (χ2n) is 5.59. The smallest absolute Gasteiger partial charge is 0.00931 e. The molecule has 0 radical (unpaired) electrons. The molecular formula is C12H26N2. The molecule has 2 unspecified atom stereocenters. The molecule has 2 heteroatoms. The molecule has 0 bridgehead atoms. The van der Waals surface area contributed by atoms with E-state index in [0.29, 0.717) is 5.41 Å². The summed E-state index contributed by atoms with van der Waals surface area (Å²) >= 11 is 0. The largest absolute Gasteiger partial charge is 0.330 e. The second-order valence-corrected chi connectivity index (χ2v) is 5.59. The zero-order chi connectivity index (χ0) is 10.6. The van der Waals surface area contributed by atoms with Crippen LogP contribution in [0.2, 0.25) is 0 Å². The number of hydrogen-bond donors (Lipinski definition) is 2. The topological polar surface area (TPSA) is 38.0 Å². The van der Waals surface area contributed by atoms with Gasteiger partial charge < -0.3 is 11.1 Å². The third-order valence-electron chi connectivity index (χ3n) is 3.48. The normalized spacial score (nSPS) is 31.7. The van der Waals surface area contributed by atoms with Crippen molar-refractivity contribution < 1.29 is 0 Å². The maximum Gasteiger partial charge on any atom is 0.00931 e. The van der Waals surface area contributed by atoms with E-state index < -0.39 is 0 Å². The Bertz CT molecular complexity index is 166. The van der Waals surface area contributed by atoms with Gasteiger partial charge >= 0.3 is 0 Å². The molecule has 84 valence electrons. The van der Waals surface area contributed by atoms with E-state index in [2.05, 4.69) is 26.1 Å². The van der Waals surface area contributed by atoms with Crippen LogP contribution in [0.4, 0.5) is 0 Å². The quantitative estimate of drug-likeness (QED) is 0.679. The maximum atomic E-state index is 5.48. The summed E-state index contributed by atoms with van der Waals surface area (Å²) in [5.41, 5.74) is 6.04. The Hall–Kier alpha value is -0.0800. The first-order valence-electron chi connectivity index (χ1n) is 5.98. The van der Waals surface area contributed by atoms with Gasteiger partial charge in [0, 0.05) is 6.04 Å². The number of rotatable bonds is 4. The van der Waals surface area contributed by atoms with Crippen LogP contribution in [0.1, 0.15) is 46.5 Å². The van der Waals surface area contributed by atoms with Crippen LogP contribution in [-0.4, -0.2) is 19.1 Å². The Morgan fingerprint density at radius 3 is 2.71 bits per heavy atom. The fraction of sp³-hybridized carbons (Fsp3) is 1.00. The van der Waals surface area contributed by atoms with Crippen LogP contribution in [0.25, 0.3) is 0 Å². The van der Waals surface area contributed by atoms with Gasteiger partial charge in [-0.3, -0.25) is 0 Å². The number of hydrogen-bond acceptors (Lipinski definition) is 2. The molecule has 1 aliphatic rings. The fourth-order valence-corrected chi connectivity index (χ4v) is 2.64. The maximum absolute atomic E-state index is 5.48. The standard InChI is InChI=1S/C12H26N2/c1-10-9-12(2,3)6-5-11(10)14-8-4-7-13/h10-11,14H,4-9,13H2,1-3H3. The average molecular weight is 198 g/mol. The third-order valence-corrected chi connectivity index (χ3v) is 3.48. The average Bonchev–Trinajstić information content (AvgIpc) is 2.08. The molecule has 0 aromatic carbocycles. The molecule has 0 aromatic rings. The van der Waals surface area contributed by atoms with Crippen LogP contribution in [0.5, 0.6) is 0 Å². The molecule has 0 aromatic heterocycles. The highest BCUT2D eigenvalue weighted by atomic mass is 14.9. The van der Waals surface area contributed by atoms with Crippen LogP contribution in [-0.2, 0) is 0 Å². The van der Waals surface area contributed by atoms with E-state index in [1.165, 1.54) is 19.3 Å². The van der Waals surface area contributed by atoms with Crippen molar-refractivity contribution in [2.24, 2.45) is 17.1 Å². The Morgan fingerprint density at radius 1 is 1.43 bits per heavy atom. The second kappa shape index (κ2) is 5.13. The van der Waals surface area contributed by atoms with Crippen molar-refractivity contribution >= 4 is 0 Å². The first kappa shape index (κ1) is 12.0. The first-order valence-corrected chi connectivity index (χ1v) is 5.98. The van der Waals surface area contributed by atoms with Crippen LogP contribution in [0.15, 0.2) is 0 Å². The SMILES string of the molecule is CC1CC(C)(C)CCC1NCCCN. The molecule has 0 aliphatic heterocycles. The summed E-state index contributed by atoms with van der Waals surface area (Å²) in [6, 6.07) is 0.731. The summed E-state index contributed by atoms with van der Waals surface area (Å²) in [6.07, 6.45) is 5.15. The Kier molecular flexibility index (Phi) is 4.39. The summed E-state index contributed by atoms with van der Waals surface area (Å²) in [7, 11) is 0. The lowest BCUT2D eigenvalue weighted by Crippen LogP contribution is -2.42. The van der Waals surface area contributed by atoms with Gasteiger partial charge in [0.2, 0.25) is 0 Å². The number of nitrogens with two attached hydrogens (primary N) is 1. The Morgan fingerprint density at radius 2 is 2.14 bits per heavy atom. The van der Waals surface area contributed by atoms with Gasteiger partial charge in [0.1, 0.15) is 0 Å². The predicted molar refractivity (Wildman–Crippen MR) is 62.3 cm³/mol. The minimum Gasteiger partial charge on any atom is -0.330 e. The van der Waals surface area contributed by atoms with Crippen LogP contribution in [0.3, 0.4) is 0 Å². The summed E-state index contributed by atoms with van der Waals surface area (Å²) < 4.78 is 0. The highest BCUT2D eigenvalue weighted by molar-refractivity contribution is 4.86. The van der Waals surface area contributed by atoms with Gasteiger partial charge in [0.15, 0.2) is 0 Å². The molecule has 2 nitrogen and oxygen atoms in total. The van der Waals surface area contributed by atoms with Gasteiger partial charge in [-0.2, -0.15) is 0 Å². The lowest BCUT2D eigenvalue weighted by atomic mass is 9.70. The first-order chi connectivity index (χ1) is 6.55. The van der Waals surface area contributed by atoms with Gasteiger partial charge in [-0.1, -0.05) is 20.8 Å². The highest BCUT2D eigenvalue weighted by Crippen LogP contribution is 2.38. The van der Waals surface area contributed by atoms with Gasteiger partial charge in [-0.05, 0) is 50.1 Å². The highest BCUT2D eigenvalue weighted by Gasteiger charge is 2.31. The minimum absolute atomic E-state index is 0.561. The van der Waals surface area contributed by atoms with Crippen molar-refractivity contribution in [2.45, 2.75) is 52.5 Å². The van der Waals surface area contributed by atoms with Crippen LogP contribution < -0.4 is 11.1 Å². The molecule has 0 spiro atoms. The Labute approximate surface area is 88.6 Å². The van der Waals surface area contributed by atoms with Gasteiger partial charge in [-0.15, -0.1) is 0 Å². The Balaban J connectivity index is 2.27. The summed E-state index contributed by atoms with van der Waals surface area (Å²) in [6.45, 7) is 9.05. The van der Waals surface area contributed by atoms with Crippen molar-refractivity contribution in [1.82, 2.24) is 5.32 Å². The molecule has 1 rings (SSSR count). The van der Waals surface area contributed by atoms with E-state index >= 15 is 0 Å². The van der Waals surface area contributed by atoms with Crippen molar-refractivity contribution in [3.8, 4) is 0 Å². The van der Waals surface area contributed by atoms with Crippen LogP contribution >= 0.6 is 0 Å². The molecule has 0 heterocycles. The van der Waals surface area contributed by atoms with Gasteiger partial charge in [-0.25, -0.2) is 0 Å². The van der Waals surface area contributed by atoms with Gasteiger partial charge in [0.05, 0.1) is 0 Å². The van der Waals surface area contributed by atoms with E-state index in [9.17, 15) is 0 Å². The predicted octanol–water partition coefficient (Wildman–Crippen LogP) is 2.14. The van der Waals surface area contributed by atoms with E-state index in [1.54, 1.807) is 0 Å². The summed E-state index contributed by atoms with van der Waals surface area (Å²) in [4.78, 5) is 0. The van der Waals surface area contributed by atoms with E-state index in [4.69, 9.17) is 5.73 Å². The van der Waals surface area contributed by atoms with Crippen LogP contribution in [0, 0.1) is 11.3 Å². The molecule has 0 saturated heterocycles. The molecule has 2 atom stereocenters. The zero-order valence-electron chi connectivity index (χ0n) is 9.97. The molecule has 1 saturated carbocycles. The van der Waals surface area contributed by atoms with Crippen molar-refractivity contribution in [1.29, 1.82) is 0 Å². The van der Waals surface area contributed by atoms with Crippen molar-refractivity contribution in [2.75, 3.05) is 13.1 Å². The molecule has 1 aliphatic carbocycles. The molecular weight excluding hydrogens is 172 g/mol. The number of nitrogens with one attached hydrogen (secondary N) is 1. The summed E-state index contributed by atoms with van der Waals surface area (Å²) in [5.74, 6) is 0.816. The lowest BCUT2D eigenvalue weighted by Gasteiger charge is -2.39. The molecule has 3 N–H and O–H groups in total. The third kappa shape index (κ3) is 3.58. The lowest BCUT2D eigenvalue weighted by molar-refractivity contribution is 0.149. The molecule has 0 amide bonds. The monoisotopic (exact) mass is 198 g/mol. The molecule has 14 heavy (non-hydrogen) atoms. The van der Waals surface area contributed by atoms with Crippen molar-refractivity contribution in [3.05, 3.63) is 0 Å². The van der Waals surface area contributed by atoms with E-state index in [-0.39, 0.29) is 0 Å². The molecule has 1 fully saturated rings. The van der Waals surface area contributed by atoms with E-state index in [0.717, 1.165) is 31.5 Å². The van der Waals surface area contributed by atoms with Gasteiger partial charge in [0.25, 0.3) is 0 Å². The fourth-order valence-electron chi connectivity index (χ4n) is 2.64. The zero-order valence-corrected chi connectivity index (χ0v) is 9.97.